The summed E-state index contributed by atoms with van der Waals surface area (Å²) in [5.41, 5.74) is 1.96. The summed E-state index contributed by atoms with van der Waals surface area (Å²) in [5.74, 6) is 0.964. The van der Waals surface area contributed by atoms with Gasteiger partial charge in [0.2, 0.25) is 0 Å². The Hall–Kier alpha value is -3.09. The van der Waals surface area contributed by atoms with Crippen molar-refractivity contribution in [2.24, 2.45) is 0 Å². The number of hydrogen-bond acceptors (Lipinski definition) is 5. The number of benzene rings is 1. The van der Waals surface area contributed by atoms with Crippen molar-refractivity contribution in [3.63, 3.8) is 0 Å². The fraction of sp³-hybridized carbons (Fsp3) is 0.333. The Kier molecular flexibility index (Phi) is 5.14. The monoisotopic (exact) mass is 380 g/mol. The molecule has 1 aliphatic rings. The number of oxazole rings is 1. The van der Waals surface area contributed by atoms with Crippen LogP contribution in [0.2, 0.25) is 0 Å². The first-order valence-corrected chi connectivity index (χ1v) is 9.35. The predicted octanol–water partition coefficient (Wildman–Crippen LogP) is 3.52. The minimum absolute atomic E-state index is 0.0392. The van der Waals surface area contributed by atoms with Gasteiger partial charge in [-0.25, -0.2) is 14.4 Å². The first-order chi connectivity index (χ1) is 13.6. The summed E-state index contributed by atoms with van der Waals surface area (Å²) < 4.78 is 19.3. The average Bonchev–Trinajstić information content (AvgIpc) is 3.17. The molecule has 1 unspecified atom stereocenters. The Morgan fingerprint density at radius 1 is 1.25 bits per heavy atom. The van der Waals surface area contributed by atoms with Crippen LogP contribution in [0.25, 0.3) is 0 Å². The molecule has 4 rings (SSSR count). The van der Waals surface area contributed by atoms with Crippen LogP contribution in [-0.4, -0.2) is 38.8 Å². The molecular weight excluding hydrogens is 359 g/mol. The van der Waals surface area contributed by atoms with Crippen molar-refractivity contribution >= 4 is 5.91 Å². The molecular formula is C21H21FN4O2. The molecule has 1 fully saturated rings. The lowest BCUT2D eigenvalue weighted by Crippen LogP contribution is -2.39. The first kappa shape index (κ1) is 18.3. The van der Waals surface area contributed by atoms with Crippen molar-refractivity contribution in [2.75, 3.05) is 13.1 Å². The highest BCUT2D eigenvalue weighted by Gasteiger charge is 2.29. The molecule has 0 radical (unpaired) electrons. The minimum atomic E-state index is -0.266. The van der Waals surface area contributed by atoms with Gasteiger partial charge in [0.15, 0.2) is 5.89 Å². The number of rotatable bonds is 4. The van der Waals surface area contributed by atoms with E-state index in [0.29, 0.717) is 36.9 Å². The third-order valence-corrected chi connectivity index (χ3v) is 4.90. The van der Waals surface area contributed by atoms with Crippen LogP contribution in [0.1, 0.15) is 52.2 Å². The summed E-state index contributed by atoms with van der Waals surface area (Å²) in [6.07, 6.45) is 7.07. The van der Waals surface area contributed by atoms with Crippen molar-refractivity contribution in [1.29, 1.82) is 0 Å². The van der Waals surface area contributed by atoms with Crippen molar-refractivity contribution < 1.29 is 13.6 Å². The SMILES string of the molecule is Cc1cnc(C(=O)N2CCCC(c3ncc(Cc4cccc(F)c4)o3)C2)cn1. The van der Waals surface area contributed by atoms with Crippen LogP contribution < -0.4 is 0 Å². The lowest BCUT2D eigenvalue weighted by Gasteiger charge is -2.31. The van der Waals surface area contributed by atoms with E-state index < -0.39 is 0 Å². The van der Waals surface area contributed by atoms with Gasteiger partial charge in [-0.05, 0) is 37.5 Å². The van der Waals surface area contributed by atoms with Gasteiger partial charge in [0.25, 0.3) is 5.91 Å². The number of aryl methyl sites for hydroxylation is 1. The molecule has 1 aliphatic heterocycles. The standard InChI is InChI=1S/C21H21FN4O2/c1-14-10-24-19(12-23-14)21(27)26-7-3-5-16(13-26)20-25-11-18(28-20)9-15-4-2-6-17(22)8-15/h2,4,6,8,10-12,16H,3,5,7,9,13H2,1H3. The molecule has 0 spiro atoms. The average molecular weight is 380 g/mol. The van der Waals surface area contributed by atoms with Gasteiger partial charge in [-0.3, -0.25) is 9.78 Å². The number of carbonyl (C=O) groups excluding carboxylic acids is 1. The van der Waals surface area contributed by atoms with E-state index in [1.54, 1.807) is 23.4 Å². The second-order valence-electron chi connectivity index (χ2n) is 7.10. The third kappa shape index (κ3) is 4.08. The highest BCUT2D eigenvalue weighted by atomic mass is 19.1. The van der Waals surface area contributed by atoms with Crippen LogP contribution in [-0.2, 0) is 6.42 Å². The van der Waals surface area contributed by atoms with Crippen LogP contribution >= 0.6 is 0 Å². The van der Waals surface area contributed by atoms with E-state index in [9.17, 15) is 9.18 Å². The molecule has 0 bridgehead atoms. The van der Waals surface area contributed by atoms with Gasteiger partial charge in [-0.1, -0.05) is 12.1 Å². The molecule has 6 nitrogen and oxygen atoms in total. The number of likely N-dealkylation sites (tertiary alicyclic amines) is 1. The van der Waals surface area contributed by atoms with Crippen LogP contribution in [0.4, 0.5) is 4.39 Å². The summed E-state index contributed by atoms with van der Waals surface area (Å²) in [5, 5.41) is 0. The van der Waals surface area contributed by atoms with E-state index in [0.717, 1.165) is 24.1 Å². The lowest BCUT2D eigenvalue weighted by atomic mass is 9.98. The van der Waals surface area contributed by atoms with Gasteiger partial charge in [-0.2, -0.15) is 0 Å². The van der Waals surface area contributed by atoms with Crippen molar-refractivity contribution in [3.8, 4) is 0 Å². The molecule has 0 saturated carbocycles. The van der Waals surface area contributed by atoms with Crippen LogP contribution in [0.3, 0.4) is 0 Å². The molecule has 1 amide bonds. The van der Waals surface area contributed by atoms with Gasteiger partial charge in [0.05, 0.1) is 24.0 Å². The van der Waals surface area contributed by atoms with Crippen molar-refractivity contribution in [2.45, 2.75) is 32.1 Å². The molecule has 1 atom stereocenters. The zero-order chi connectivity index (χ0) is 19.5. The number of halogens is 1. The number of piperidine rings is 1. The van der Waals surface area contributed by atoms with Crippen LogP contribution in [0, 0.1) is 12.7 Å². The fourth-order valence-electron chi connectivity index (χ4n) is 3.47. The Labute approximate surface area is 162 Å². The van der Waals surface area contributed by atoms with Gasteiger partial charge < -0.3 is 9.32 Å². The van der Waals surface area contributed by atoms with Gasteiger partial charge in [0, 0.05) is 25.7 Å². The summed E-state index contributed by atoms with van der Waals surface area (Å²) >= 11 is 0. The van der Waals surface area contributed by atoms with Gasteiger partial charge in [0.1, 0.15) is 17.3 Å². The summed E-state index contributed by atoms with van der Waals surface area (Å²) in [6.45, 7) is 3.05. The maximum Gasteiger partial charge on any atom is 0.274 e. The topological polar surface area (TPSA) is 72.1 Å². The van der Waals surface area contributed by atoms with Crippen molar-refractivity contribution in [3.05, 3.63) is 77.3 Å². The summed E-state index contributed by atoms with van der Waals surface area (Å²) in [4.78, 5) is 27.2. The number of nitrogens with zero attached hydrogens (tertiary/aromatic N) is 4. The molecule has 1 saturated heterocycles. The third-order valence-electron chi connectivity index (χ3n) is 4.90. The molecule has 28 heavy (non-hydrogen) atoms. The normalized spacial score (nSPS) is 16.9. The molecule has 3 heterocycles. The highest BCUT2D eigenvalue weighted by molar-refractivity contribution is 5.92. The Morgan fingerprint density at radius 3 is 2.93 bits per heavy atom. The Balaban J connectivity index is 1.44. The van der Waals surface area contributed by atoms with E-state index in [2.05, 4.69) is 15.0 Å². The van der Waals surface area contributed by atoms with E-state index in [4.69, 9.17) is 4.42 Å². The summed E-state index contributed by atoms with van der Waals surface area (Å²) in [7, 11) is 0. The molecule has 1 aromatic carbocycles. The summed E-state index contributed by atoms with van der Waals surface area (Å²) in [6, 6.07) is 6.45. The Morgan fingerprint density at radius 2 is 2.14 bits per heavy atom. The van der Waals surface area contributed by atoms with Gasteiger partial charge in [-0.15, -0.1) is 0 Å². The molecule has 0 N–H and O–H groups in total. The molecule has 7 heteroatoms. The molecule has 144 valence electrons. The Bertz CT molecular complexity index is 971. The van der Waals surface area contributed by atoms with E-state index in [1.807, 2.05) is 13.0 Å². The quantitative estimate of drug-likeness (QED) is 0.692. The van der Waals surface area contributed by atoms with E-state index in [1.165, 1.54) is 18.3 Å². The van der Waals surface area contributed by atoms with Crippen molar-refractivity contribution in [1.82, 2.24) is 19.9 Å². The minimum Gasteiger partial charge on any atom is -0.445 e. The molecule has 0 aliphatic carbocycles. The predicted molar refractivity (Wildman–Crippen MR) is 100 cm³/mol. The zero-order valence-corrected chi connectivity index (χ0v) is 15.6. The number of carbonyl (C=O) groups is 1. The first-order valence-electron chi connectivity index (χ1n) is 9.35. The number of hydrogen-bond donors (Lipinski definition) is 0. The second-order valence-corrected chi connectivity index (χ2v) is 7.10. The van der Waals surface area contributed by atoms with Gasteiger partial charge >= 0.3 is 0 Å². The lowest BCUT2D eigenvalue weighted by molar-refractivity contribution is 0.0691. The zero-order valence-electron chi connectivity index (χ0n) is 15.6. The number of aromatic nitrogens is 3. The van der Waals surface area contributed by atoms with Crippen LogP contribution in [0.5, 0.6) is 0 Å². The van der Waals surface area contributed by atoms with Crippen LogP contribution in [0.15, 0.2) is 47.3 Å². The largest absolute Gasteiger partial charge is 0.445 e. The number of amides is 1. The second kappa shape index (κ2) is 7.88. The fourth-order valence-corrected chi connectivity index (χ4v) is 3.47. The smallest absolute Gasteiger partial charge is 0.274 e. The maximum atomic E-state index is 13.4. The molecule has 2 aromatic heterocycles. The molecule has 3 aromatic rings. The van der Waals surface area contributed by atoms with E-state index >= 15 is 0 Å². The van der Waals surface area contributed by atoms with E-state index in [-0.39, 0.29) is 17.6 Å². The highest BCUT2D eigenvalue weighted by Crippen LogP contribution is 2.28. The maximum absolute atomic E-state index is 13.4.